The zero-order valence-corrected chi connectivity index (χ0v) is 17.4. The second-order valence-electron chi connectivity index (χ2n) is 7.95. The summed E-state index contributed by atoms with van der Waals surface area (Å²) in [7, 11) is 3.45. The molecule has 0 spiro atoms. The molecule has 0 fully saturated rings. The maximum atomic E-state index is 12.3. The summed E-state index contributed by atoms with van der Waals surface area (Å²) in [5.41, 5.74) is 4.03. The van der Waals surface area contributed by atoms with E-state index >= 15 is 0 Å². The maximum absolute atomic E-state index is 12.3. The van der Waals surface area contributed by atoms with Gasteiger partial charge in [0.05, 0.1) is 5.69 Å². The Hall–Kier alpha value is -3.51. The molecule has 1 N–H and O–H groups in total. The third kappa shape index (κ3) is 3.69. The number of amides is 1. The molecule has 0 unspecified atom stereocenters. The van der Waals surface area contributed by atoms with E-state index in [1.807, 2.05) is 42.5 Å². The third-order valence-electron chi connectivity index (χ3n) is 4.91. The van der Waals surface area contributed by atoms with Crippen LogP contribution in [0, 0.1) is 0 Å². The van der Waals surface area contributed by atoms with E-state index in [0.29, 0.717) is 28.1 Å². The van der Waals surface area contributed by atoms with Crippen molar-refractivity contribution in [3.05, 3.63) is 72.2 Å². The van der Waals surface area contributed by atoms with Crippen molar-refractivity contribution in [2.75, 3.05) is 14.1 Å². The maximum Gasteiger partial charge on any atom is 0.253 e. The lowest BCUT2D eigenvalue weighted by atomic mass is 10.00. The van der Waals surface area contributed by atoms with E-state index in [0.717, 1.165) is 16.7 Å². The highest BCUT2D eigenvalue weighted by Crippen LogP contribution is 2.34. The second-order valence-corrected chi connectivity index (χ2v) is 7.95. The minimum atomic E-state index is -1.05. The molecule has 3 heterocycles. The molecular formula is C24H23N3O3. The van der Waals surface area contributed by atoms with Crippen LogP contribution in [0.25, 0.3) is 33.6 Å². The van der Waals surface area contributed by atoms with Crippen molar-refractivity contribution in [3.8, 4) is 22.5 Å². The highest BCUT2D eigenvalue weighted by atomic mass is 16.3. The molecular weight excluding hydrogens is 378 g/mol. The molecule has 0 atom stereocenters. The summed E-state index contributed by atoms with van der Waals surface area (Å²) in [5, 5.41) is 10.3. The smallest absolute Gasteiger partial charge is 0.253 e. The van der Waals surface area contributed by atoms with Crippen LogP contribution in [0.1, 0.15) is 29.9 Å². The Labute approximate surface area is 174 Å². The number of aromatic nitrogens is 2. The Morgan fingerprint density at radius 3 is 2.50 bits per heavy atom. The van der Waals surface area contributed by atoms with Gasteiger partial charge in [-0.25, -0.2) is 0 Å². The van der Waals surface area contributed by atoms with E-state index in [1.54, 1.807) is 51.3 Å². The number of rotatable bonds is 4. The Balaban J connectivity index is 1.81. The number of hydrogen-bond donors (Lipinski definition) is 1. The number of aliphatic hydroxyl groups is 1. The van der Waals surface area contributed by atoms with Gasteiger partial charge in [0, 0.05) is 49.2 Å². The molecule has 6 heteroatoms. The normalized spacial score (nSPS) is 11.6. The van der Waals surface area contributed by atoms with Gasteiger partial charge in [0.25, 0.3) is 5.91 Å². The molecule has 4 rings (SSSR count). The number of nitrogens with zero attached hydrogens (tertiary/aromatic N) is 3. The van der Waals surface area contributed by atoms with Gasteiger partial charge >= 0.3 is 0 Å². The molecule has 4 aromatic rings. The van der Waals surface area contributed by atoms with Gasteiger partial charge in [0.15, 0.2) is 5.58 Å². The van der Waals surface area contributed by atoms with Crippen LogP contribution in [0.2, 0.25) is 0 Å². The zero-order chi connectivity index (χ0) is 21.5. The zero-order valence-electron chi connectivity index (χ0n) is 17.4. The molecule has 0 radical (unpaired) electrons. The molecule has 30 heavy (non-hydrogen) atoms. The average Bonchev–Trinajstić information content (AvgIpc) is 3.17. The number of furan rings is 1. The fraction of sp³-hybridized carbons (Fsp3) is 0.208. The van der Waals surface area contributed by atoms with Crippen molar-refractivity contribution in [2.24, 2.45) is 0 Å². The Bertz CT molecular complexity index is 1240. The minimum Gasteiger partial charge on any atom is -0.454 e. The number of hydrogen-bond acceptors (Lipinski definition) is 5. The van der Waals surface area contributed by atoms with E-state index in [4.69, 9.17) is 4.42 Å². The Kier molecular flexibility index (Phi) is 4.87. The Morgan fingerprint density at radius 2 is 1.77 bits per heavy atom. The van der Waals surface area contributed by atoms with Crippen molar-refractivity contribution in [1.82, 2.24) is 14.9 Å². The fourth-order valence-corrected chi connectivity index (χ4v) is 3.30. The van der Waals surface area contributed by atoms with Gasteiger partial charge in [0.2, 0.25) is 0 Å². The number of carbonyl (C=O) groups excluding carboxylic acids is 1. The molecule has 0 aliphatic heterocycles. The van der Waals surface area contributed by atoms with Gasteiger partial charge in [-0.1, -0.05) is 12.1 Å². The van der Waals surface area contributed by atoms with Crippen LogP contribution in [-0.2, 0) is 5.60 Å². The Morgan fingerprint density at radius 1 is 1.00 bits per heavy atom. The molecule has 0 aliphatic rings. The number of pyridine rings is 2. The quantitative estimate of drug-likeness (QED) is 0.545. The van der Waals surface area contributed by atoms with Crippen LogP contribution in [-0.4, -0.2) is 40.0 Å². The van der Waals surface area contributed by atoms with Gasteiger partial charge in [0.1, 0.15) is 16.9 Å². The standard InChI is InChI=1S/C24H23N3O3/c1-24(2,29)21-13-15(8-10-26-21)18-9-11-25-19-14-20(30-22(18)19)16-6-5-7-17(12-16)23(28)27(3)4/h5-14,29H,1-4H3. The molecule has 3 aromatic heterocycles. The van der Waals surface area contributed by atoms with E-state index in [9.17, 15) is 9.90 Å². The van der Waals surface area contributed by atoms with Gasteiger partial charge in [-0.05, 0) is 49.7 Å². The number of carbonyl (C=O) groups is 1. The molecule has 0 saturated heterocycles. The highest BCUT2D eigenvalue weighted by molar-refractivity contribution is 5.96. The SMILES string of the molecule is CN(C)C(=O)c1cccc(-c2cc3nccc(-c4ccnc(C(C)(C)O)c4)c3o2)c1. The van der Waals surface area contributed by atoms with Crippen LogP contribution in [0.4, 0.5) is 0 Å². The van der Waals surface area contributed by atoms with Crippen LogP contribution in [0.15, 0.2) is 65.3 Å². The van der Waals surface area contributed by atoms with Crippen molar-refractivity contribution < 1.29 is 14.3 Å². The molecule has 152 valence electrons. The first-order chi connectivity index (χ1) is 14.2. The summed E-state index contributed by atoms with van der Waals surface area (Å²) in [4.78, 5) is 22.6. The van der Waals surface area contributed by atoms with E-state index in [-0.39, 0.29) is 5.91 Å². The van der Waals surface area contributed by atoms with Crippen molar-refractivity contribution in [3.63, 3.8) is 0 Å². The number of benzene rings is 1. The van der Waals surface area contributed by atoms with E-state index < -0.39 is 5.60 Å². The molecule has 1 aromatic carbocycles. The summed E-state index contributed by atoms with van der Waals surface area (Å²) >= 11 is 0. The average molecular weight is 401 g/mol. The van der Waals surface area contributed by atoms with Gasteiger partial charge in [-0.2, -0.15) is 0 Å². The molecule has 0 aliphatic carbocycles. The molecule has 1 amide bonds. The van der Waals surface area contributed by atoms with Crippen LogP contribution < -0.4 is 0 Å². The van der Waals surface area contributed by atoms with E-state index in [1.165, 1.54) is 0 Å². The van der Waals surface area contributed by atoms with Crippen molar-refractivity contribution in [1.29, 1.82) is 0 Å². The summed E-state index contributed by atoms with van der Waals surface area (Å²) in [6.07, 6.45) is 3.40. The first-order valence-corrected chi connectivity index (χ1v) is 9.64. The molecule has 6 nitrogen and oxygen atoms in total. The van der Waals surface area contributed by atoms with Gasteiger partial charge in [-0.3, -0.25) is 14.8 Å². The molecule has 0 bridgehead atoms. The summed E-state index contributed by atoms with van der Waals surface area (Å²) in [6, 6.07) is 14.8. The third-order valence-corrected chi connectivity index (χ3v) is 4.91. The first-order valence-electron chi connectivity index (χ1n) is 9.64. The van der Waals surface area contributed by atoms with Gasteiger partial charge < -0.3 is 14.4 Å². The number of fused-ring (bicyclic) bond motifs is 1. The lowest BCUT2D eigenvalue weighted by molar-refractivity contribution is 0.0739. The largest absolute Gasteiger partial charge is 0.454 e. The minimum absolute atomic E-state index is 0.0669. The van der Waals surface area contributed by atoms with Gasteiger partial charge in [-0.15, -0.1) is 0 Å². The monoisotopic (exact) mass is 401 g/mol. The van der Waals surface area contributed by atoms with E-state index in [2.05, 4.69) is 9.97 Å². The van der Waals surface area contributed by atoms with Crippen molar-refractivity contribution in [2.45, 2.75) is 19.4 Å². The topological polar surface area (TPSA) is 79.5 Å². The highest BCUT2D eigenvalue weighted by Gasteiger charge is 2.20. The lowest BCUT2D eigenvalue weighted by Crippen LogP contribution is -2.21. The fourth-order valence-electron chi connectivity index (χ4n) is 3.30. The summed E-state index contributed by atoms with van der Waals surface area (Å²) in [5.74, 6) is 0.567. The summed E-state index contributed by atoms with van der Waals surface area (Å²) < 4.78 is 6.19. The lowest BCUT2D eigenvalue weighted by Gasteiger charge is -2.17. The first kappa shape index (κ1) is 19.8. The predicted molar refractivity (Wildman–Crippen MR) is 116 cm³/mol. The van der Waals surface area contributed by atoms with Crippen LogP contribution >= 0.6 is 0 Å². The summed E-state index contributed by atoms with van der Waals surface area (Å²) in [6.45, 7) is 3.41. The predicted octanol–water partition coefficient (Wildman–Crippen LogP) is 4.49. The second kappa shape index (κ2) is 7.39. The van der Waals surface area contributed by atoms with Crippen LogP contribution in [0.5, 0.6) is 0 Å². The molecule has 0 saturated carbocycles. The van der Waals surface area contributed by atoms with Crippen molar-refractivity contribution >= 4 is 17.0 Å². The van der Waals surface area contributed by atoms with Crippen LogP contribution in [0.3, 0.4) is 0 Å².